The quantitative estimate of drug-likeness (QED) is 0.481. The van der Waals surface area contributed by atoms with Gasteiger partial charge in [0, 0.05) is 30.2 Å². The fourth-order valence-corrected chi connectivity index (χ4v) is 3.37. The number of benzene rings is 1. The minimum atomic E-state index is -0.587. The molecule has 126 valence electrons. The van der Waals surface area contributed by atoms with Gasteiger partial charge in [-0.05, 0) is 17.5 Å². The molecule has 0 amide bonds. The molecule has 0 aliphatic heterocycles. The van der Waals surface area contributed by atoms with Crippen molar-refractivity contribution in [1.29, 1.82) is 0 Å². The van der Waals surface area contributed by atoms with E-state index in [9.17, 15) is 5.11 Å². The Morgan fingerprint density at radius 1 is 1.38 bits per heavy atom. The second kappa shape index (κ2) is 7.41. The summed E-state index contributed by atoms with van der Waals surface area (Å²) < 4.78 is 2.88. The normalized spacial score (nSPS) is 13.2. The number of thiophene rings is 1. The predicted octanol–water partition coefficient (Wildman–Crippen LogP) is 1.43. The molecule has 0 saturated heterocycles. The zero-order valence-electron chi connectivity index (χ0n) is 13.6. The highest BCUT2D eigenvalue weighted by Crippen LogP contribution is 2.29. The van der Waals surface area contributed by atoms with Crippen LogP contribution in [0.25, 0.3) is 10.1 Å². The van der Waals surface area contributed by atoms with Crippen LogP contribution in [0.3, 0.4) is 0 Å². The van der Waals surface area contributed by atoms with E-state index in [4.69, 9.17) is 0 Å². The van der Waals surface area contributed by atoms with Gasteiger partial charge in [0.05, 0.1) is 6.54 Å². The average molecular weight is 344 g/mol. The molecule has 3 rings (SSSR count). The molecule has 0 aliphatic rings. The Morgan fingerprint density at radius 2 is 2.21 bits per heavy atom. The fraction of sp³-hybridized carbons (Fsp3) is 0.312. The predicted molar refractivity (Wildman–Crippen MR) is 96.0 cm³/mol. The minimum Gasteiger partial charge on any atom is -0.386 e. The maximum absolute atomic E-state index is 10.4. The number of hydrogen-bond donors (Lipinski definition) is 3. The first-order chi connectivity index (χ1) is 11.7. The molecule has 7 nitrogen and oxygen atoms in total. The Morgan fingerprint density at radius 3 is 2.92 bits per heavy atom. The molecule has 1 aromatic carbocycles. The SMILES string of the molecule is CN=C(NCc1ncnn1C)NCC(O)c1cc2ccccc2s1. The van der Waals surface area contributed by atoms with E-state index in [2.05, 4.69) is 37.8 Å². The van der Waals surface area contributed by atoms with Crippen molar-refractivity contribution in [1.82, 2.24) is 25.4 Å². The Kier molecular flexibility index (Phi) is 5.07. The summed E-state index contributed by atoms with van der Waals surface area (Å²) in [5.41, 5.74) is 0. The van der Waals surface area contributed by atoms with Crippen molar-refractivity contribution in [2.45, 2.75) is 12.6 Å². The van der Waals surface area contributed by atoms with Crippen LogP contribution < -0.4 is 10.6 Å². The van der Waals surface area contributed by atoms with Gasteiger partial charge in [0.25, 0.3) is 0 Å². The molecule has 2 heterocycles. The summed E-state index contributed by atoms with van der Waals surface area (Å²) in [6.45, 7) is 0.889. The van der Waals surface area contributed by atoms with Crippen molar-refractivity contribution in [3.05, 3.63) is 47.4 Å². The highest BCUT2D eigenvalue weighted by atomic mass is 32.1. The van der Waals surface area contributed by atoms with E-state index in [0.29, 0.717) is 19.0 Å². The first-order valence-electron chi connectivity index (χ1n) is 7.61. The van der Waals surface area contributed by atoms with Gasteiger partial charge in [0.1, 0.15) is 18.3 Å². The number of nitrogens with one attached hydrogen (secondary N) is 2. The van der Waals surface area contributed by atoms with E-state index < -0.39 is 6.10 Å². The van der Waals surface area contributed by atoms with Crippen LogP contribution in [0.15, 0.2) is 41.7 Å². The van der Waals surface area contributed by atoms with Crippen LogP contribution in [0.4, 0.5) is 0 Å². The number of aliphatic hydroxyl groups is 1. The number of guanidine groups is 1. The van der Waals surface area contributed by atoms with Crippen LogP contribution in [0.1, 0.15) is 16.8 Å². The summed E-state index contributed by atoms with van der Waals surface area (Å²) in [4.78, 5) is 9.24. The summed E-state index contributed by atoms with van der Waals surface area (Å²) in [5, 5.41) is 21.9. The standard InChI is InChI=1S/C16H20N6OS/c1-17-16(19-9-15-20-10-21-22(15)2)18-8-12(23)14-7-11-5-3-4-6-13(11)24-14/h3-7,10,12,23H,8-9H2,1-2H3,(H2,17,18,19). The molecule has 0 bridgehead atoms. The van der Waals surface area contributed by atoms with Crippen molar-refractivity contribution < 1.29 is 5.11 Å². The third-order valence-corrected chi connectivity index (χ3v) is 4.90. The number of fused-ring (bicyclic) bond motifs is 1. The molecule has 8 heteroatoms. The van der Waals surface area contributed by atoms with E-state index in [-0.39, 0.29) is 0 Å². The highest BCUT2D eigenvalue weighted by Gasteiger charge is 2.12. The smallest absolute Gasteiger partial charge is 0.191 e. The molecule has 3 N–H and O–H groups in total. The van der Waals surface area contributed by atoms with Crippen molar-refractivity contribution in [2.75, 3.05) is 13.6 Å². The number of aromatic nitrogens is 3. The Bertz CT molecular complexity index is 807. The number of aryl methyl sites for hydroxylation is 1. The first kappa shape index (κ1) is 16.4. The van der Waals surface area contributed by atoms with E-state index in [1.807, 2.05) is 25.2 Å². The Labute approximate surface area is 144 Å². The molecular formula is C16H20N6OS. The molecule has 2 aromatic heterocycles. The molecule has 0 fully saturated rings. The molecule has 1 atom stereocenters. The van der Waals surface area contributed by atoms with Gasteiger partial charge in [0.2, 0.25) is 0 Å². The molecule has 1 unspecified atom stereocenters. The van der Waals surface area contributed by atoms with Gasteiger partial charge < -0.3 is 15.7 Å². The van der Waals surface area contributed by atoms with Gasteiger partial charge in [-0.15, -0.1) is 11.3 Å². The largest absolute Gasteiger partial charge is 0.386 e. The second-order valence-corrected chi connectivity index (χ2v) is 6.42. The third-order valence-electron chi connectivity index (χ3n) is 3.68. The van der Waals surface area contributed by atoms with Gasteiger partial charge in [-0.1, -0.05) is 18.2 Å². The number of aliphatic imine (C=N–C) groups is 1. The zero-order valence-corrected chi connectivity index (χ0v) is 14.4. The fourth-order valence-electron chi connectivity index (χ4n) is 2.32. The number of nitrogens with zero attached hydrogens (tertiary/aromatic N) is 4. The lowest BCUT2D eigenvalue weighted by Gasteiger charge is -2.14. The van der Waals surface area contributed by atoms with Crippen molar-refractivity contribution in [2.24, 2.45) is 12.0 Å². The summed E-state index contributed by atoms with van der Waals surface area (Å²) in [7, 11) is 3.53. The van der Waals surface area contributed by atoms with Crippen LogP contribution in [0, 0.1) is 0 Å². The van der Waals surface area contributed by atoms with E-state index >= 15 is 0 Å². The van der Waals surface area contributed by atoms with E-state index in [0.717, 1.165) is 16.1 Å². The monoisotopic (exact) mass is 344 g/mol. The first-order valence-corrected chi connectivity index (χ1v) is 8.43. The van der Waals surface area contributed by atoms with E-state index in [1.54, 1.807) is 23.1 Å². The van der Waals surface area contributed by atoms with Crippen LogP contribution >= 0.6 is 11.3 Å². The molecule has 0 saturated carbocycles. The minimum absolute atomic E-state index is 0.380. The molecule has 0 aliphatic carbocycles. The second-order valence-electron chi connectivity index (χ2n) is 5.31. The van der Waals surface area contributed by atoms with Crippen molar-refractivity contribution in [3.63, 3.8) is 0 Å². The Balaban J connectivity index is 1.55. The van der Waals surface area contributed by atoms with Gasteiger partial charge in [-0.25, -0.2) is 4.98 Å². The van der Waals surface area contributed by atoms with Crippen LogP contribution in [-0.2, 0) is 13.6 Å². The lowest BCUT2D eigenvalue weighted by atomic mass is 10.2. The van der Waals surface area contributed by atoms with Gasteiger partial charge >= 0.3 is 0 Å². The zero-order chi connectivity index (χ0) is 16.9. The van der Waals surface area contributed by atoms with E-state index in [1.165, 1.54) is 11.0 Å². The summed E-state index contributed by atoms with van der Waals surface area (Å²) >= 11 is 1.61. The van der Waals surface area contributed by atoms with Crippen LogP contribution in [0.2, 0.25) is 0 Å². The number of rotatable bonds is 5. The molecule has 3 aromatic rings. The molecule has 24 heavy (non-hydrogen) atoms. The average Bonchev–Trinajstić information content (AvgIpc) is 3.20. The molecular weight excluding hydrogens is 324 g/mol. The maximum atomic E-state index is 10.4. The number of aliphatic hydroxyl groups excluding tert-OH is 1. The summed E-state index contributed by atoms with van der Waals surface area (Å²) in [6, 6.07) is 10.1. The summed E-state index contributed by atoms with van der Waals surface area (Å²) in [6.07, 6.45) is 0.925. The summed E-state index contributed by atoms with van der Waals surface area (Å²) in [5.74, 6) is 1.42. The van der Waals surface area contributed by atoms with Crippen LogP contribution in [-0.4, -0.2) is 39.4 Å². The maximum Gasteiger partial charge on any atom is 0.191 e. The van der Waals surface area contributed by atoms with Gasteiger partial charge in [0.15, 0.2) is 5.96 Å². The van der Waals surface area contributed by atoms with Crippen LogP contribution in [0.5, 0.6) is 0 Å². The topological polar surface area (TPSA) is 87.4 Å². The lowest BCUT2D eigenvalue weighted by Crippen LogP contribution is -2.39. The Hall–Kier alpha value is -2.45. The third kappa shape index (κ3) is 3.72. The molecule has 0 radical (unpaired) electrons. The van der Waals surface area contributed by atoms with Crippen molar-refractivity contribution >= 4 is 27.4 Å². The highest BCUT2D eigenvalue weighted by molar-refractivity contribution is 7.19. The van der Waals surface area contributed by atoms with Gasteiger partial charge in [-0.3, -0.25) is 9.67 Å². The van der Waals surface area contributed by atoms with Gasteiger partial charge in [-0.2, -0.15) is 5.10 Å². The van der Waals surface area contributed by atoms with Crippen molar-refractivity contribution in [3.8, 4) is 0 Å². The lowest BCUT2D eigenvalue weighted by molar-refractivity contribution is 0.184. The molecule has 0 spiro atoms. The number of hydrogen-bond acceptors (Lipinski definition) is 5.